The summed E-state index contributed by atoms with van der Waals surface area (Å²) in [4.78, 5) is 22.3. The largest absolute Gasteiger partial charge is 0.298 e. The maximum atomic E-state index is 11.2. The molecular formula is C15H9NO3S. The van der Waals surface area contributed by atoms with Crippen LogP contribution in [0, 0.1) is 10.1 Å². The molecule has 0 atom stereocenters. The molecular weight excluding hydrogens is 274 g/mol. The molecule has 0 spiro atoms. The number of rotatable bonds is 3. The fraction of sp³-hybridized carbons (Fsp3) is 0. The lowest BCUT2D eigenvalue weighted by molar-refractivity contribution is -0.384. The zero-order chi connectivity index (χ0) is 14.1. The highest BCUT2D eigenvalue weighted by atomic mass is 32.1. The second-order valence-electron chi connectivity index (χ2n) is 4.30. The standard InChI is InChI=1S/C15H9NO3S/c17-9-10-5-6-12(13(7-10)16(18)19)15-8-11-3-1-2-4-14(11)20-15/h1-9H. The predicted molar refractivity (Wildman–Crippen MR) is 79.3 cm³/mol. The van der Waals surface area contributed by atoms with Crippen LogP contribution >= 0.6 is 11.3 Å². The summed E-state index contributed by atoms with van der Waals surface area (Å²) in [6.07, 6.45) is 0.613. The van der Waals surface area contributed by atoms with E-state index in [9.17, 15) is 14.9 Å². The van der Waals surface area contributed by atoms with E-state index in [0.717, 1.165) is 15.0 Å². The van der Waals surface area contributed by atoms with Gasteiger partial charge in [-0.15, -0.1) is 11.3 Å². The van der Waals surface area contributed by atoms with Crippen molar-refractivity contribution < 1.29 is 9.72 Å². The van der Waals surface area contributed by atoms with Crippen LogP contribution in [0.2, 0.25) is 0 Å². The SMILES string of the molecule is O=Cc1ccc(-c2cc3ccccc3s2)c([N+](=O)[O-])c1. The summed E-state index contributed by atoms with van der Waals surface area (Å²) in [6.45, 7) is 0. The van der Waals surface area contributed by atoms with Crippen LogP contribution in [0.5, 0.6) is 0 Å². The van der Waals surface area contributed by atoms with Gasteiger partial charge < -0.3 is 0 Å². The van der Waals surface area contributed by atoms with Gasteiger partial charge >= 0.3 is 0 Å². The van der Waals surface area contributed by atoms with Crippen LogP contribution in [0.15, 0.2) is 48.5 Å². The van der Waals surface area contributed by atoms with Crippen molar-refractivity contribution in [2.45, 2.75) is 0 Å². The van der Waals surface area contributed by atoms with E-state index < -0.39 is 4.92 Å². The van der Waals surface area contributed by atoms with Crippen LogP contribution in [-0.2, 0) is 0 Å². The summed E-state index contributed by atoms with van der Waals surface area (Å²) in [7, 11) is 0. The van der Waals surface area contributed by atoms with Gasteiger partial charge in [-0.2, -0.15) is 0 Å². The van der Waals surface area contributed by atoms with Crippen molar-refractivity contribution in [1.29, 1.82) is 0 Å². The maximum absolute atomic E-state index is 11.2. The molecule has 0 aliphatic rings. The van der Waals surface area contributed by atoms with Crippen LogP contribution in [0.25, 0.3) is 20.5 Å². The van der Waals surface area contributed by atoms with Gasteiger partial charge in [-0.1, -0.05) is 24.3 Å². The van der Waals surface area contributed by atoms with Gasteiger partial charge in [-0.05, 0) is 23.6 Å². The summed E-state index contributed by atoms with van der Waals surface area (Å²) in [5.74, 6) is 0. The lowest BCUT2D eigenvalue weighted by Gasteiger charge is -2.00. The number of nitrogens with zero attached hydrogens (tertiary/aromatic N) is 1. The minimum atomic E-state index is -0.452. The molecule has 3 aromatic rings. The molecule has 1 aromatic heterocycles. The average Bonchev–Trinajstić information content (AvgIpc) is 2.90. The molecule has 3 rings (SSSR count). The Bertz CT molecular complexity index is 790. The van der Waals surface area contributed by atoms with Crippen molar-refractivity contribution >= 4 is 33.4 Å². The van der Waals surface area contributed by atoms with Crippen LogP contribution in [0.3, 0.4) is 0 Å². The van der Waals surface area contributed by atoms with Gasteiger partial charge in [0.1, 0.15) is 6.29 Å². The van der Waals surface area contributed by atoms with E-state index in [2.05, 4.69) is 0 Å². The average molecular weight is 283 g/mol. The number of carbonyl (C=O) groups excluding carboxylic acids is 1. The second kappa shape index (κ2) is 4.86. The van der Waals surface area contributed by atoms with E-state index in [0.29, 0.717) is 17.4 Å². The summed E-state index contributed by atoms with van der Waals surface area (Å²) in [5, 5.41) is 12.2. The zero-order valence-electron chi connectivity index (χ0n) is 10.3. The summed E-state index contributed by atoms with van der Waals surface area (Å²) in [5.41, 5.74) is 0.810. The monoisotopic (exact) mass is 283 g/mol. The van der Waals surface area contributed by atoms with Gasteiger partial charge in [0.25, 0.3) is 5.69 Å². The molecule has 0 bridgehead atoms. The van der Waals surface area contributed by atoms with E-state index in [1.54, 1.807) is 12.1 Å². The third kappa shape index (κ3) is 2.08. The predicted octanol–water partition coefficient (Wildman–Crippen LogP) is 4.29. The third-order valence-electron chi connectivity index (χ3n) is 3.05. The number of hydrogen-bond donors (Lipinski definition) is 0. The maximum Gasteiger partial charge on any atom is 0.278 e. The summed E-state index contributed by atoms with van der Waals surface area (Å²) < 4.78 is 1.08. The highest BCUT2D eigenvalue weighted by Crippen LogP contribution is 2.38. The summed E-state index contributed by atoms with van der Waals surface area (Å²) in [6, 6.07) is 14.3. The normalized spacial score (nSPS) is 10.6. The van der Waals surface area contributed by atoms with Crippen molar-refractivity contribution in [1.82, 2.24) is 0 Å². The van der Waals surface area contributed by atoms with E-state index in [-0.39, 0.29) is 5.69 Å². The fourth-order valence-corrected chi connectivity index (χ4v) is 3.19. The van der Waals surface area contributed by atoms with Gasteiger partial charge in [0.05, 0.1) is 10.5 Å². The molecule has 0 fully saturated rings. The molecule has 0 aliphatic heterocycles. The smallest absolute Gasteiger partial charge is 0.278 e. The van der Waals surface area contributed by atoms with Gasteiger partial charge in [-0.3, -0.25) is 14.9 Å². The third-order valence-corrected chi connectivity index (χ3v) is 4.19. The number of nitro groups is 1. The van der Waals surface area contributed by atoms with Gasteiger partial charge in [0.2, 0.25) is 0 Å². The number of benzene rings is 2. The molecule has 1 heterocycles. The lowest BCUT2D eigenvalue weighted by atomic mass is 10.1. The van der Waals surface area contributed by atoms with Gasteiger partial charge in [-0.25, -0.2) is 0 Å². The lowest BCUT2D eigenvalue weighted by Crippen LogP contribution is -1.93. The Kier molecular flexibility index (Phi) is 3.04. The fourth-order valence-electron chi connectivity index (χ4n) is 2.10. The first kappa shape index (κ1) is 12.5. The topological polar surface area (TPSA) is 60.2 Å². The first-order valence-electron chi connectivity index (χ1n) is 5.91. The Morgan fingerprint density at radius 2 is 1.90 bits per heavy atom. The van der Waals surface area contributed by atoms with Crippen LogP contribution in [0.4, 0.5) is 5.69 Å². The van der Waals surface area contributed by atoms with Crippen molar-refractivity contribution in [2.24, 2.45) is 0 Å². The Balaban J connectivity index is 2.22. The number of carbonyl (C=O) groups is 1. The number of aldehydes is 1. The van der Waals surface area contributed by atoms with Crippen molar-refractivity contribution in [2.75, 3.05) is 0 Å². The molecule has 0 amide bonds. The first-order valence-corrected chi connectivity index (χ1v) is 6.73. The molecule has 0 saturated heterocycles. The van der Waals surface area contributed by atoms with Crippen LogP contribution < -0.4 is 0 Å². The number of fused-ring (bicyclic) bond motifs is 1. The highest BCUT2D eigenvalue weighted by Gasteiger charge is 2.17. The van der Waals surface area contributed by atoms with E-state index in [1.807, 2.05) is 30.3 Å². The minimum Gasteiger partial charge on any atom is -0.298 e. The molecule has 0 saturated carbocycles. The van der Waals surface area contributed by atoms with Crippen LogP contribution in [0.1, 0.15) is 10.4 Å². The van der Waals surface area contributed by atoms with Crippen molar-refractivity contribution in [3.05, 3.63) is 64.2 Å². The molecule has 0 radical (unpaired) electrons. The van der Waals surface area contributed by atoms with Crippen molar-refractivity contribution in [3.8, 4) is 10.4 Å². The molecule has 0 aliphatic carbocycles. The Morgan fingerprint density at radius 1 is 1.10 bits per heavy atom. The Labute approximate surface area is 118 Å². The molecule has 2 aromatic carbocycles. The van der Waals surface area contributed by atoms with Gasteiger partial charge in [0, 0.05) is 21.2 Å². The molecule has 20 heavy (non-hydrogen) atoms. The quantitative estimate of drug-likeness (QED) is 0.409. The number of nitro benzene ring substituents is 1. The number of thiophene rings is 1. The van der Waals surface area contributed by atoms with E-state index in [1.165, 1.54) is 17.4 Å². The minimum absolute atomic E-state index is 0.0406. The van der Waals surface area contributed by atoms with E-state index in [4.69, 9.17) is 0 Å². The highest BCUT2D eigenvalue weighted by molar-refractivity contribution is 7.22. The molecule has 0 unspecified atom stereocenters. The van der Waals surface area contributed by atoms with Crippen molar-refractivity contribution in [3.63, 3.8) is 0 Å². The second-order valence-corrected chi connectivity index (χ2v) is 5.38. The molecule has 98 valence electrons. The Hall–Kier alpha value is -2.53. The zero-order valence-corrected chi connectivity index (χ0v) is 11.1. The summed E-state index contributed by atoms with van der Waals surface area (Å²) >= 11 is 1.50. The Morgan fingerprint density at radius 3 is 2.60 bits per heavy atom. The molecule has 4 nitrogen and oxygen atoms in total. The first-order chi connectivity index (χ1) is 9.69. The van der Waals surface area contributed by atoms with Crippen LogP contribution in [-0.4, -0.2) is 11.2 Å². The number of hydrogen-bond acceptors (Lipinski definition) is 4. The van der Waals surface area contributed by atoms with E-state index >= 15 is 0 Å². The molecule has 0 N–H and O–H groups in total. The van der Waals surface area contributed by atoms with Gasteiger partial charge in [0.15, 0.2) is 0 Å². The molecule has 5 heteroatoms.